The molecular weight excluding hydrogens is 700 g/mol. The Kier molecular flexibility index (Phi) is 7.60. The number of hydrogen-bond donors (Lipinski definition) is 3. The van der Waals surface area contributed by atoms with E-state index in [0.29, 0.717) is 24.3 Å². The molecule has 0 heterocycles. The molecule has 49 heavy (non-hydrogen) atoms. The third-order valence-corrected chi connectivity index (χ3v) is 7.43. The van der Waals surface area contributed by atoms with E-state index in [-0.39, 0.29) is 43.4 Å². The minimum Gasteiger partial charge on any atom is -0.790 e. The summed E-state index contributed by atoms with van der Waals surface area (Å²) in [5.74, 6) is -10.9. The average molecular weight is 768 g/mol. The fourth-order valence-corrected chi connectivity index (χ4v) is 5.02. The van der Waals surface area contributed by atoms with Gasteiger partial charge in [0.25, 0.3) is 0 Å². The van der Waals surface area contributed by atoms with Crippen molar-refractivity contribution in [3.63, 3.8) is 0 Å². The summed E-state index contributed by atoms with van der Waals surface area (Å²) in [6.45, 7) is -25.6. The molecule has 0 aliphatic rings. The first-order chi connectivity index (χ1) is 32.3. The number of ether oxygens (including phenoxy) is 1. The van der Waals surface area contributed by atoms with E-state index >= 15 is 0 Å². The number of nitrogens with one attached hydrogen (secondary N) is 2. The maximum Gasteiger partial charge on any atom is 2.00 e. The van der Waals surface area contributed by atoms with Crippen LogP contribution in [0.5, 0.6) is 0 Å². The molecule has 3 aromatic carbocycles. The summed E-state index contributed by atoms with van der Waals surface area (Å²) in [6, 6.07) is 3.62. The number of amides is 2. The standard InChI is InChI=1S/C33H45N4O9PS.Ca/c1-24(2)22-37(48(43,44)29-19-17-27(34)18-20-29)28(23-46-47(40,41)42)16-10-11-21-35-32(38)31(36-33(39)45-3)30(25-12-6-4-7-13-25)26-14-8-5-9-15-26;/h4-9,12-15,17-20,24,28,30-31H,10-11,16,21-23,34H2,1-3H3,(H,35,38)(H,36,39)(H2,40,41,42);/q;+2/p-2/t28-,31+;/m0./s1/i1D3,2D3,3D3,10D2,11D2,16D2,21D2,22D2,23D2,24D,28D,30D,31D;. The molecule has 262 valence electrons. The summed E-state index contributed by atoms with van der Waals surface area (Å²) in [6.07, 6.45) is -18.8. The molecule has 16 heteroatoms. The van der Waals surface area contributed by atoms with E-state index in [0.717, 1.165) is 29.6 Å². The topological polar surface area (TPSA) is 203 Å². The van der Waals surface area contributed by atoms with Gasteiger partial charge in [0.15, 0.2) is 0 Å². The van der Waals surface area contributed by atoms with Crippen molar-refractivity contribution in [2.75, 3.05) is 32.3 Å². The van der Waals surface area contributed by atoms with Crippen molar-refractivity contribution in [2.45, 2.75) is 55.6 Å². The smallest absolute Gasteiger partial charge is 0.790 e. The first-order valence-electron chi connectivity index (χ1n) is 25.3. The van der Waals surface area contributed by atoms with Gasteiger partial charge in [0.1, 0.15) is 6.02 Å². The molecule has 0 bridgehead atoms. The molecule has 0 aliphatic heterocycles. The summed E-state index contributed by atoms with van der Waals surface area (Å²) in [4.78, 5) is 50.4. The van der Waals surface area contributed by atoms with Gasteiger partial charge in [0.2, 0.25) is 15.9 Å². The summed E-state index contributed by atoms with van der Waals surface area (Å²) in [5, 5.41) is 2.59. The Morgan fingerprint density at radius 2 is 1.59 bits per heavy atom. The fraction of sp³-hybridized carbons (Fsp3) is 0.394. The van der Waals surface area contributed by atoms with Crippen molar-refractivity contribution >= 4 is 73.3 Å². The van der Waals surface area contributed by atoms with Gasteiger partial charge in [0.05, 0.1) is 35.9 Å². The Morgan fingerprint density at radius 3 is 2.12 bits per heavy atom. The monoisotopic (exact) mass is 767 g/mol. The number of phosphoric acid groups is 1. The van der Waals surface area contributed by atoms with Gasteiger partial charge >= 0.3 is 43.8 Å². The molecule has 13 nitrogen and oxygen atoms in total. The van der Waals surface area contributed by atoms with Crippen molar-refractivity contribution < 1.29 is 75.9 Å². The van der Waals surface area contributed by atoms with E-state index in [1.807, 2.05) is 0 Å². The number of phosphoric ester groups is 1. The van der Waals surface area contributed by atoms with Crippen LogP contribution >= 0.6 is 7.82 Å². The Hall–Kier alpha value is -2.52. The first kappa shape index (κ1) is 18.3. The number of nitrogen functional groups attached to an aromatic ring is 1. The number of nitrogens with zero attached hydrogens (tertiary/aromatic N) is 1. The van der Waals surface area contributed by atoms with Crippen LogP contribution in [0.1, 0.15) is 84.1 Å². The molecule has 0 aliphatic carbocycles. The maximum absolute atomic E-state index is 14.8. The van der Waals surface area contributed by atoms with E-state index in [1.54, 1.807) is 0 Å². The van der Waals surface area contributed by atoms with Gasteiger partial charge in [-0.2, -0.15) is 4.31 Å². The number of methoxy groups -OCH3 is 1. The van der Waals surface area contributed by atoms with E-state index in [1.165, 1.54) is 41.7 Å². The van der Waals surface area contributed by atoms with Gasteiger partial charge in [-0.15, -0.1) is 0 Å². The van der Waals surface area contributed by atoms with Gasteiger partial charge in [-0.05, 0) is 54.0 Å². The maximum atomic E-state index is 14.8. The van der Waals surface area contributed by atoms with Crippen molar-refractivity contribution in [1.82, 2.24) is 14.9 Å². The zero-order valence-electron chi connectivity index (χ0n) is 49.8. The Labute approximate surface area is 353 Å². The van der Waals surface area contributed by atoms with Crippen LogP contribution in [-0.4, -0.2) is 101 Å². The van der Waals surface area contributed by atoms with Crippen LogP contribution in [0.15, 0.2) is 89.8 Å². The van der Waals surface area contributed by atoms with Gasteiger partial charge in [-0.25, -0.2) is 13.2 Å². The van der Waals surface area contributed by atoms with Crippen LogP contribution in [0.2, 0.25) is 0 Å². The van der Waals surface area contributed by atoms with Crippen LogP contribution in [0.25, 0.3) is 0 Å². The molecule has 0 spiro atoms. The van der Waals surface area contributed by atoms with Gasteiger partial charge in [0, 0.05) is 55.3 Å². The van der Waals surface area contributed by atoms with Crippen molar-refractivity contribution in [3.8, 4) is 0 Å². The number of rotatable bonds is 18. The molecule has 2 atom stereocenters. The summed E-state index contributed by atoms with van der Waals surface area (Å²) < 4.78 is 260. The Bertz CT molecular complexity index is 2610. The SMILES string of the molecule is [2H]C([2H])([2H])OC(=O)N[C@@]([2H])(C(=O)NC([2H])([2H])C([2H])([2H])C([2H])([2H])C([2H])([2H])[C@]([2H])(N(C([2H])([2H])C([2H])(C([2H])([2H])[2H])C([2H])([2H])[2H])S(=O)(=O)c1ccc(N)cc1)C([2H])([2H])OP(=O)([O-])[O-])C([2H])(c1ccccc1)c1ccccc1.[Ca+2]. The zero-order chi connectivity index (χ0) is 57.3. The van der Waals surface area contributed by atoms with Crippen LogP contribution < -0.4 is 26.2 Å². The number of alkyl carbamates (subject to hydrolysis) is 1. The van der Waals surface area contributed by atoms with Crippen LogP contribution in [0, 0.1) is 5.89 Å². The number of sulfonamides is 1. The van der Waals surface area contributed by atoms with Crippen molar-refractivity contribution in [1.29, 1.82) is 0 Å². The Balaban J connectivity index is 0.0000187. The summed E-state index contributed by atoms with van der Waals surface area (Å²) >= 11 is 0. The second-order valence-corrected chi connectivity index (χ2v) is 11.6. The molecular formula is C33H43CaN4O9PS. The molecule has 0 radical (unpaired) electrons. The van der Waals surface area contributed by atoms with E-state index in [4.69, 9.17) is 35.9 Å². The summed E-state index contributed by atoms with van der Waals surface area (Å²) in [7, 11) is -17.9. The third-order valence-electron chi connectivity index (χ3n) is 5.49. The molecule has 3 aromatic rings. The second-order valence-electron chi connectivity index (χ2n) is 8.77. The van der Waals surface area contributed by atoms with Crippen LogP contribution in [0.4, 0.5) is 10.5 Å². The normalized spacial score (nSPS) is 24.8. The van der Waals surface area contributed by atoms with Gasteiger partial charge in [-0.1, -0.05) is 80.7 Å². The number of hydrogen-bond acceptors (Lipinski definition) is 10. The van der Waals surface area contributed by atoms with Gasteiger partial charge < -0.3 is 40.0 Å². The predicted molar refractivity (Wildman–Crippen MR) is 184 cm³/mol. The third kappa shape index (κ3) is 13.6. The minimum atomic E-state index is -7.29. The zero-order valence-corrected chi connectivity index (χ0v) is 28.8. The Morgan fingerprint density at radius 1 is 1.00 bits per heavy atom. The molecule has 2 amide bonds. The quantitative estimate of drug-likeness (QED) is 0.0981. The fourth-order valence-electron chi connectivity index (χ4n) is 3.60. The first-order valence-corrected chi connectivity index (χ1v) is 15.8. The molecule has 0 aromatic heterocycles. The molecule has 0 fully saturated rings. The largest absolute Gasteiger partial charge is 2.00 e. The van der Waals surface area contributed by atoms with E-state index in [9.17, 15) is 36.5 Å². The molecule has 4 N–H and O–H groups in total. The molecule has 0 saturated carbocycles. The van der Waals surface area contributed by atoms with Crippen molar-refractivity contribution in [3.05, 3.63) is 96.1 Å². The van der Waals surface area contributed by atoms with Crippen LogP contribution in [-0.2, 0) is 28.6 Å². The van der Waals surface area contributed by atoms with Crippen molar-refractivity contribution in [2.24, 2.45) is 5.89 Å². The number of carbonyl (C=O) groups excluding carboxylic acids is 2. The van der Waals surface area contributed by atoms with E-state index in [2.05, 4.69) is 9.26 Å². The number of anilines is 1. The minimum absolute atomic E-state index is 0. The van der Waals surface area contributed by atoms with E-state index < -0.39 is 133 Å². The predicted octanol–water partition coefficient (Wildman–Crippen LogP) is 2.59. The number of benzene rings is 3. The molecule has 0 saturated heterocycles. The van der Waals surface area contributed by atoms with Crippen LogP contribution in [0.3, 0.4) is 0 Å². The number of carbonyl (C=O) groups is 2. The second kappa shape index (κ2) is 20.4. The number of nitrogens with two attached hydrogens (primary N) is 1. The molecule has 0 unspecified atom stereocenters. The van der Waals surface area contributed by atoms with Gasteiger partial charge in [-0.3, -0.25) is 4.79 Å². The average Bonchev–Trinajstić information content (AvgIpc) is 3.20. The summed E-state index contributed by atoms with van der Waals surface area (Å²) in [5.41, 5.74) is 4.27. The molecule has 3 rings (SSSR count).